The number of aromatic nitrogens is 1. The zero-order chi connectivity index (χ0) is 10.4. The van der Waals surface area contributed by atoms with Crippen LogP contribution < -0.4 is 15.8 Å². The van der Waals surface area contributed by atoms with E-state index >= 15 is 0 Å². The van der Waals surface area contributed by atoms with E-state index in [9.17, 15) is 0 Å². The predicted octanol–water partition coefficient (Wildman–Crippen LogP) is 1.66. The van der Waals surface area contributed by atoms with Crippen molar-refractivity contribution < 1.29 is 4.74 Å². The Kier molecular flexibility index (Phi) is 3.79. The Bertz CT molecular complexity index is 312. The Hall–Kier alpha value is -1.71. The molecule has 1 rings (SSSR count). The first-order chi connectivity index (χ1) is 6.77. The quantitative estimate of drug-likeness (QED) is 0.698. The molecule has 0 aliphatic carbocycles. The Balaban J connectivity index is 2.77. The second-order valence-corrected chi connectivity index (χ2v) is 2.69. The lowest BCUT2D eigenvalue weighted by atomic mass is 10.4. The van der Waals surface area contributed by atoms with Crippen LogP contribution in [0.1, 0.15) is 6.92 Å². The molecule has 3 N–H and O–H groups in total. The number of rotatable bonds is 5. The van der Waals surface area contributed by atoms with Crippen LogP contribution in [-0.2, 0) is 0 Å². The fourth-order valence-electron chi connectivity index (χ4n) is 0.979. The van der Waals surface area contributed by atoms with Gasteiger partial charge in [-0.3, -0.25) is 0 Å². The van der Waals surface area contributed by atoms with E-state index in [4.69, 9.17) is 10.5 Å². The monoisotopic (exact) mass is 193 g/mol. The Morgan fingerprint density at radius 2 is 2.43 bits per heavy atom. The van der Waals surface area contributed by atoms with E-state index in [0.29, 0.717) is 24.7 Å². The summed E-state index contributed by atoms with van der Waals surface area (Å²) in [5.74, 6) is 1.21. The van der Waals surface area contributed by atoms with Crippen LogP contribution in [-0.4, -0.2) is 18.1 Å². The molecule has 0 saturated carbocycles. The lowest BCUT2D eigenvalue weighted by molar-refractivity contribution is 0.329. The zero-order valence-electron chi connectivity index (χ0n) is 8.29. The van der Waals surface area contributed by atoms with E-state index in [-0.39, 0.29) is 0 Å². The number of pyridine rings is 1. The molecular weight excluding hydrogens is 178 g/mol. The third-order valence-electron chi connectivity index (χ3n) is 1.60. The van der Waals surface area contributed by atoms with Crippen molar-refractivity contribution in [3.8, 4) is 5.88 Å². The average molecular weight is 193 g/mol. The van der Waals surface area contributed by atoms with Crippen molar-refractivity contribution in [2.24, 2.45) is 0 Å². The number of hydrogen-bond acceptors (Lipinski definition) is 4. The van der Waals surface area contributed by atoms with Gasteiger partial charge in [0, 0.05) is 6.54 Å². The fraction of sp³-hybridized carbons (Fsp3) is 0.300. The molecule has 76 valence electrons. The third kappa shape index (κ3) is 2.65. The van der Waals surface area contributed by atoms with Gasteiger partial charge in [0.05, 0.1) is 12.3 Å². The molecule has 4 nitrogen and oxygen atoms in total. The summed E-state index contributed by atoms with van der Waals surface area (Å²) in [5, 5.41) is 3.06. The van der Waals surface area contributed by atoms with Gasteiger partial charge in [-0.15, -0.1) is 6.58 Å². The SMILES string of the molecule is C=CCNc1ccc(N)c(OCC)n1. The van der Waals surface area contributed by atoms with Crippen LogP contribution in [0, 0.1) is 0 Å². The van der Waals surface area contributed by atoms with E-state index < -0.39 is 0 Å². The number of nitrogens with zero attached hydrogens (tertiary/aromatic N) is 1. The van der Waals surface area contributed by atoms with E-state index in [1.165, 1.54) is 0 Å². The van der Waals surface area contributed by atoms with E-state index in [2.05, 4.69) is 16.9 Å². The summed E-state index contributed by atoms with van der Waals surface area (Å²) in [6.45, 7) is 6.73. The van der Waals surface area contributed by atoms with Gasteiger partial charge in [0.15, 0.2) is 0 Å². The number of nitrogen functional groups attached to an aromatic ring is 1. The fourth-order valence-corrected chi connectivity index (χ4v) is 0.979. The third-order valence-corrected chi connectivity index (χ3v) is 1.60. The minimum absolute atomic E-state index is 0.474. The van der Waals surface area contributed by atoms with Crippen LogP contribution in [0.15, 0.2) is 24.8 Å². The van der Waals surface area contributed by atoms with E-state index in [1.807, 2.05) is 6.92 Å². The van der Waals surface area contributed by atoms with Crippen LogP contribution in [0.25, 0.3) is 0 Å². The molecule has 4 heteroatoms. The molecule has 14 heavy (non-hydrogen) atoms. The van der Waals surface area contributed by atoms with Gasteiger partial charge in [-0.25, -0.2) is 0 Å². The van der Waals surface area contributed by atoms with Gasteiger partial charge in [-0.05, 0) is 19.1 Å². The molecule has 0 bridgehead atoms. The standard InChI is InChI=1S/C10H15N3O/c1-3-7-12-9-6-5-8(11)10(13-9)14-4-2/h3,5-6H,1,4,7,11H2,2H3,(H,12,13). The first kappa shape index (κ1) is 10.4. The number of nitrogens with two attached hydrogens (primary N) is 1. The molecule has 0 aliphatic heterocycles. The van der Waals surface area contributed by atoms with Crippen molar-refractivity contribution in [3.05, 3.63) is 24.8 Å². The maximum Gasteiger partial charge on any atom is 0.239 e. The maximum absolute atomic E-state index is 5.67. The highest BCUT2D eigenvalue weighted by atomic mass is 16.5. The van der Waals surface area contributed by atoms with Crippen molar-refractivity contribution in [1.29, 1.82) is 0 Å². The second kappa shape index (κ2) is 5.11. The summed E-state index contributed by atoms with van der Waals surface area (Å²) >= 11 is 0. The highest BCUT2D eigenvalue weighted by molar-refractivity contribution is 5.53. The topological polar surface area (TPSA) is 60.2 Å². The highest BCUT2D eigenvalue weighted by Gasteiger charge is 2.02. The molecule has 0 amide bonds. The van der Waals surface area contributed by atoms with Gasteiger partial charge in [0.2, 0.25) is 5.88 Å². The van der Waals surface area contributed by atoms with Crippen molar-refractivity contribution in [2.45, 2.75) is 6.92 Å². The molecule has 0 unspecified atom stereocenters. The van der Waals surface area contributed by atoms with Crippen molar-refractivity contribution in [3.63, 3.8) is 0 Å². The Labute approximate surface area is 83.8 Å². The van der Waals surface area contributed by atoms with Gasteiger partial charge in [0.1, 0.15) is 5.82 Å². The average Bonchev–Trinajstić information content (AvgIpc) is 2.19. The maximum atomic E-state index is 5.67. The van der Waals surface area contributed by atoms with Crippen LogP contribution in [0.4, 0.5) is 11.5 Å². The van der Waals surface area contributed by atoms with Gasteiger partial charge >= 0.3 is 0 Å². The molecule has 0 atom stereocenters. The number of ether oxygens (including phenoxy) is 1. The molecule has 0 fully saturated rings. The lowest BCUT2D eigenvalue weighted by Crippen LogP contribution is -2.04. The molecule has 1 aromatic rings. The Morgan fingerprint density at radius 1 is 1.64 bits per heavy atom. The van der Waals surface area contributed by atoms with Crippen LogP contribution in [0.3, 0.4) is 0 Å². The number of anilines is 2. The van der Waals surface area contributed by atoms with Gasteiger partial charge in [-0.2, -0.15) is 4.98 Å². The molecule has 1 heterocycles. The summed E-state index contributed by atoms with van der Waals surface area (Å²) < 4.78 is 5.26. The van der Waals surface area contributed by atoms with Crippen molar-refractivity contribution in [1.82, 2.24) is 4.98 Å². The minimum Gasteiger partial charge on any atom is -0.476 e. The molecule has 1 aromatic heterocycles. The summed E-state index contributed by atoms with van der Waals surface area (Å²) in [6, 6.07) is 3.57. The van der Waals surface area contributed by atoms with Gasteiger partial charge in [-0.1, -0.05) is 6.08 Å². The highest BCUT2D eigenvalue weighted by Crippen LogP contribution is 2.20. The number of nitrogens with one attached hydrogen (secondary N) is 1. The smallest absolute Gasteiger partial charge is 0.239 e. The normalized spacial score (nSPS) is 9.50. The van der Waals surface area contributed by atoms with Crippen molar-refractivity contribution in [2.75, 3.05) is 24.2 Å². The molecule has 0 aliphatic rings. The zero-order valence-corrected chi connectivity index (χ0v) is 8.29. The first-order valence-corrected chi connectivity index (χ1v) is 4.52. The second-order valence-electron chi connectivity index (χ2n) is 2.69. The lowest BCUT2D eigenvalue weighted by Gasteiger charge is -2.08. The van der Waals surface area contributed by atoms with Gasteiger partial charge < -0.3 is 15.8 Å². The van der Waals surface area contributed by atoms with Crippen molar-refractivity contribution >= 4 is 11.5 Å². The molecular formula is C10H15N3O. The summed E-state index contributed by atoms with van der Waals surface area (Å²) in [4.78, 5) is 4.19. The van der Waals surface area contributed by atoms with E-state index in [0.717, 1.165) is 5.82 Å². The molecule has 0 spiro atoms. The largest absolute Gasteiger partial charge is 0.476 e. The molecule has 0 aromatic carbocycles. The van der Waals surface area contributed by atoms with Crippen LogP contribution >= 0.6 is 0 Å². The molecule has 0 saturated heterocycles. The predicted molar refractivity (Wildman–Crippen MR) is 58.5 cm³/mol. The van der Waals surface area contributed by atoms with Crippen LogP contribution in [0.2, 0.25) is 0 Å². The van der Waals surface area contributed by atoms with Crippen LogP contribution in [0.5, 0.6) is 5.88 Å². The minimum atomic E-state index is 0.474. The Morgan fingerprint density at radius 3 is 3.07 bits per heavy atom. The first-order valence-electron chi connectivity index (χ1n) is 4.52. The summed E-state index contributed by atoms with van der Waals surface area (Å²) in [7, 11) is 0. The molecule has 0 radical (unpaired) electrons. The number of hydrogen-bond donors (Lipinski definition) is 2. The van der Waals surface area contributed by atoms with E-state index in [1.54, 1.807) is 18.2 Å². The summed E-state index contributed by atoms with van der Waals surface area (Å²) in [5.41, 5.74) is 6.22. The summed E-state index contributed by atoms with van der Waals surface area (Å²) in [6.07, 6.45) is 1.76. The van der Waals surface area contributed by atoms with Gasteiger partial charge in [0.25, 0.3) is 0 Å².